The molecule has 26 heavy (non-hydrogen) atoms. The number of benzene rings is 1. The number of carboxylic acids is 2. The second-order valence-corrected chi connectivity index (χ2v) is 5.74. The number of ether oxygens (including phenoxy) is 2. The fourth-order valence-electron chi connectivity index (χ4n) is 2.33. The second-order valence-electron chi connectivity index (χ2n) is 5.74. The molecular weight excluding hydrogens is 344 g/mol. The van der Waals surface area contributed by atoms with Gasteiger partial charge < -0.3 is 29.9 Å². The van der Waals surface area contributed by atoms with E-state index in [9.17, 15) is 19.8 Å². The van der Waals surface area contributed by atoms with E-state index in [4.69, 9.17) is 19.7 Å². The van der Waals surface area contributed by atoms with Gasteiger partial charge in [0.15, 0.2) is 0 Å². The van der Waals surface area contributed by atoms with Crippen LogP contribution in [0.5, 0.6) is 0 Å². The van der Waals surface area contributed by atoms with Crippen LogP contribution in [0.3, 0.4) is 0 Å². The Labute approximate surface area is 152 Å². The molecule has 0 fully saturated rings. The summed E-state index contributed by atoms with van der Waals surface area (Å²) in [5, 5.41) is 36.2. The minimum Gasteiger partial charge on any atom is -0.478 e. The van der Waals surface area contributed by atoms with Crippen LogP contribution >= 0.6 is 0 Å². The molecule has 8 heteroatoms. The van der Waals surface area contributed by atoms with Crippen molar-refractivity contribution in [1.82, 2.24) is 0 Å². The highest BCUT2D eigenvalue weighted by Crippen LogP contribution is 2.20. The quantitative estimate of drug-likeness (QED) is 0.363. The predicted octanol–water partition coefficient (Wildman–Crippen LogP) is 1.66. The van der Waals surface area contributed by atoms with Gasteiger partial charge in [-0.2, -0.15) is 0 Å². The zero-order valence-corrected chi connectivity index (χ0v) is 14.6. The van der Waals surface area contributed by atoms with Gasteiger partial charge in [-0.05, 0) is 48.9 Å². The number of carbonyl (C=O) groups is 2. The number of rotatable bonds is 14. The number of aromatic carboxylic acids is 2. The van der Waals surface area contributed by atoms with Crippen LogP contribution in [0.2, 0.25) is 0 Å². The van der Waals surface area contributed by atoms with Crippen LogP contribution in [0, 0.1) is 0 Å². The predicted molar refractivity (Wildman–Crippen MR) is 92.3 cm³/mol. The van der Waals surface area contributed by atoms with Gasteiger partial charge in [-0.25, -0.2) is 9.59 Å². The van der Waals surface area contributed by atoms with Crippen LogP contribution in [0.15, 0.2) is 12.1 Å². The molecule has 0 saturated heterocycles. The molecule has 0 aromatic heterocycles. The highest BCUT2D eigenvalue weighted by molar-refractivity contribution is 5.96. The smallest absolute Gasteiger partial charge is 0.336 e. The lowest BCUT2D eigenvalue weighted by Crippen LogP contribution is -2.12. The molecule has 1 aromatic carbocycles. The van der Waals surface area contributed by atoms with Crippen LogP contribution in [0.4, 0.5) is 0 Å². The summed E-state index contributed by atoms with van der Waals surface area (Å²) in [5.41, 5.74) is 0.517. The summed E-state index contributed by atoms with van der Waals surface area (Å²) in [6.07, 6.45) is 2.48. The van der Waals surface area contributed by atoms with E-state index in [2.05, 4.69) is 0 Å². The standard InChI is InChI=1S/C18H26O8/c19-5-1-3-7-25-11-13-9-14(12-26-8-4-2-6-20)16(18(23)24)10-15(13)17(21)22/h9-10,19-20H,1-8,11-12H2,(H,21,22)(H,23,24). The summed E-state index contributed by atoms with van der Waals surface area (Å²) in [4.78, 5) is 22.9. The first kappa shape index (κ1) is 22.0. The Morgan fingerprint density at radius 1 is 0.731 bits per heavy atom. The van der Waals surface area contributed by atoms with Gasteiger partial charge in [-0.15, -0.1) is 0 Å². The fraction of sp³-hybridized carbons (Fsp3) is 0.556. The molecule has 1 aromatic rings. The molecule has 0 unspecified atom stereocenters. The van der Waals surface area contributed by atoms with Crippen LogP contribution in [-0.4, -0.2) is 58.8 Å². The number of hydrogen-bond donors (Lipinski definition) is 4. The monoisotopic (exact) mass is 370 g/mol. The fourth-order valence-corrected chi connectivity index (χ4v) is 2.33. The lowest BCUT2D eigenvalue weighted by Gasteiger charge is -2.13. The molecule has 0 heterocycles. The minimum absolute atomic E-state index is 0.0322. The van der Waals surface area contributed by atoms with Crippen LogP contribution in [0.1, 0.15) is 57.5 Å². The Morgan fingerprint density at radius 3 is 1.50 bits per heavy atom. The molecule has 0 radical (unpaired) electrons. The lowest BCUT2D eigenvalue weighted by molar-refractivity contribution is 0.0682. The Balaban J connectivity index is 2.89. The number of hydrogen-bond acceptors (Lipinski definition) is 6. The van der Waals surface area contributed by atoms with Crippen molar-refractivity contribution in [2.75, 3.05) is 26.4 Å². The molecule has 4 N–H and O–H groups in total. The van der Waals surface area contributed by atoms with Gasteiger partial charge in [0, 0.05) is 26.4 Å². The molecule has 8 nitrogen and oxygen atoms in total. The van der Waals surface area contributed by atoms with Crippen LogP contribution in [0.25, 0.3) is 0 Å². The average molecular weight is 370 g/mol. The van der Waals surface area contributed by atoms with E-state index < -0.39 is 11.9 Å². The largest absolute Gasteiger partial charge is 0.478 e. The second kappa shape index (κ2) is 12.4. The van der Waals surface area contributed by atoms with E-state index in [1.54, 1.807) is 0 Å². The van der Waals surface area contributed by atoms with Crippen LogP contribution in [-0.2, 0) is 22.7 Å². The Kier molecular flexibility index (Phi) is 10.5. The number of aliphatic hydroxyl groups is 2. The molecule has 0 saturated carbocycles. The van der Waals surface area contributed by atoms with Gasteiger partial charge >= 0.3 is 11.9 Å². The first-order chi connectivity index (χ1) is 12.5. The maximum absolute atomic E-state index is 11.4. The van der Waals surface area contributed by atoms with Gasteiger partial charge in [0.25, 0.3) is 0 Å². The third-order valence-corrected chi connectivity index (χ3v) is 3.70. The van der Waals surface area contributed by atoms with Crippen molar-refractivity contribution < 1.29 is 39.5 Å². The highest BCUT2D eigenvalue weighted by Gasteiger charge is 2.19. The van der Waals surface area contributed by atoms with Gasteiger partial charge in [0.05, 0.1) is 24.3 Å². The maximum atomic E-state index is 11.4. The van der Waals surface area contributed by atoms with Crippen molar-refractivity contribution in [3.05, 3.63) is 34.4 Å². The molecule has 0 aliphatic carbocycles. The van der Waals surface area contributed by atoms with Crippen molar-refractivity contribution >= 4 is 11.9 Å². The Bertz CT molecular complexity index is 538. The molecule has 0 bridgehead atoms. The van der Waals surface area contributed by atoms with E-state index in [-0.39, 0.29) is 37.6 Å². The van der Waals surface area contributed by atoms with Gasteiger partial charge in [-0.1, -0.05) is 0 Å². The maximum Gasteiger partial charge on any atom is 0.336 e. The third-order valence-electron chi connectivity index (χ3n) is 3.70. The van der Waals surface area contributed by atoms with E-state index in [1.165, 1.54) is 6.07 Å². The Morgan fingerprint density at radius 2 is 1.15 bits per heavy atom. The number of unbranched alkanes of at least 4 members (excludes halogenated alkanes) is 2. The molecule has 0 aliphatic heterocycles. The normalized spacial score (nSPS) is 10.8. The van der Waals surface area contributed by atoms with Crippen molar-refractivity contribution in [3.63, 3.8) is 0 Å². The Hall–Kier alpha value is -2.00. The van der Waals surface area contributed by atoms with Crippen molar-refractivity contribution in [2.45, 2.75) is 38.9 Å². The summed E-state index contributed by atoms with van der Waals surface area (Å²) in [7, 11) is 0. The average Bonchev–Trinajstić information content (AvgIpc) is 2.60. The van der Waals surface area contributed by atoms with Gasteiger partial charge in [-0.3, -0.25) is 0 Å². The summed E-state index contributed by atoms with van der Waals surface area (Å²) in [5.74, 6) is -2.45. The van der Waals surface area contributed by atoms with Crippen molar-refractivity contribution in [1.29, 1.82) is 0 Å². The summed E-state index contributed by atoms with van der Waals surface area (Å²) in [6.45, 7) is 0.930. The van der Waals surface area contributed by atoms with E-state index in [0.29, 0.717) is 50.0 Å². The van der Waals surface area contributed by atoms with Crippen molar-refractivity contribution in [3.8, 4) is 0 Å². The molecule has 146 valence electrons. The SMILES string of the molecule is O=C(O)c1cc(C(=O)O)c(COCCCCO)cc1COCCCCO. The van der Waals surface area contributed by atoms with Crippen molar-refractivity contribution in [2.24, 2.45) is 0 Å². The molecule has 0 spiro atoms. The minimum atomic E-state index is -1.23. The van der Waals surface area contributed by atoms with E-state index in [0.717, 1.165) is 6.07 Å². The zero-order chi connectivity index (χ0) is 19.4. The summed E-state index contributed by atoms with van der Waals surface area (Å²) >= 11 is 0. The molecule has 0 aliphatic rings. The number of aliphatic hydroxyl groups excluding tert-OH is 2. The first-order valence-electron chi connectivity index (χ1n) is 8.50. The zero-order valence-electron chi connectivity index (χ0n) is 14.6. The highest BCUT2D eigenvalue weighted by atomic mass is 16.5. The molecule has 0 atom stereocenters. The van der Waals surface area contributed by atoms with E-state index >= 15 is 0 Å². The van der Waals surface area contributed by atoms with Gasteiger partial charge in [0.1, 0.15) is 0 Å². The summed E-state index contributed by atoms with van der Waals surface area (Å²) < 4.78 is 10.9. The summed E-state index contributed by atoms with van der Waals surface area (Å²) in [6, 6.07) is 2.62. The van der Waals surface area contributed by atoms with Gasteiger partial charge in [0.2, 0.25) is 0 Å². The number of carboxylic acid groups (broad SMARTS) is 2. The molecule has 0 amide bonds. The topological polar surface area (TPSA) is 134 Å². The lowest BCUT2D eigenvalue weighted by atomic mass is 9.98. The molecule has 1 rings (SSSR count). The first-order valence-corrected chi connectivity index (χ1v) is 8.50. The van der Waals surface area contributed by atoms with Crippen LogP contribution < -0.4 is 0 Å². The molecular formula is C18H26O8. The van der Waals surface area contributed by atoms with E-state index in [1.807, 2.05) is 0 Å². The third kappa shape index (κ3) is 7.49.